The van der Waals surface area contributed by atoms with E-state index in [1.54, 1.807) is 31.2 Å². The minimum absolute atomic E-state index is 0.0691. The number of nitrogens with one attached hydrogen (secondary N) is 2. The molecule has 8 nitrogen and oxygen atoms in total. The number of halogens is 1. The highest BCUT2D eigenvalue weighted by atomic mass is 19.1. The Labute approximate surface area is 165 Å². The van der Waals surface area contributed by atoms with E-state index in [1.165, 1.54) is 36.5 Å². The number of nitrogens with two attached hydrogens (primary N) is 1. The first-order valence-corrected chi connectivity index (χ1v) is 8.56. The number of anilines is 2. The monoisotopic (exact) mass is 395 g/mol. The lowest BCUT2D eigenvalue weighted by molar-refractivity contribution is 0.0958. The van der Waals surface area contributed by atoms with Crippen molar-refractivity contribution < 1.29 is 18.8 Å². The van der Waals surface area contributed by atoms with Gasteiger partial charge in [0.2, 0.25) is 0 Å². The third kappa shape index (κ3) is 4.13. The van der Waals surface area contributed by atoms with Gasteiger partial charge in [0.25, 0.3) is 17.7 Å². The van der Waals surface area contributed by atoms with Crippen molar-refractivity contribution in [2.24, 2.45) is 5.73 Å². The van der Waals surface area contributed by atoms with Crippen LogP contribution >= 0.6 is 0 Å². The van der Waals surface area contributed by atoms with Crippen molar-refractivity contribution in [2.75, 3.05) is 17.3 Å². The van der Waals surface area contributed by atoms with E-state index in [-0.39, 0.29) is 23.1 Å². The lowest BCUT2D eigenvalue weighted by atomic mass is 10.1. The first-order chi connectivity index (χ1) is 13.8. The second kappa shape index (κ2) is 7.93. The topological polar surface area (TPSA) is 121 Å². The number of aryl methyl sites for hydroxylation is 1. The van der Waals surface area contributed by atoms with E-state index in [1.807, 2.05) is 0 Å². The van der Waals surface area contributed by atoms with Crippen molar-refractivity contribution in [3.8, 4) is 0 Å². The molecule has 1 heterocycles. The van der Waals surface area contributed by atoms with E-state index in [9.17, 15) is 18.8 Å². The Hall–Kier alpha value is -4.01. The van der Waals surface area contributed by atoms with Crippen molar-refractivity contribution in [2.45, 2.75) is 6.92 Å². The number of nitrogens with zero attached hydrogens (tertiary/aromatic N) is 2. The van der Waals surface area contributed by atoms with Gasteiger partial charge in [0.15, 0.2) is 5.69 Å². The molecule has 4 N–H and O–H groups in total. The number of benzene rings is 2. The summed E-state index contributed by atoms with van der Waals surface area (Å²) < 4.78 is 13.3. The van der Waals surface area contributed by atoms with Crippen molar-refractivity contribution in [3.05, 3.63) is 77.1 Å². The van der Waals surface area contributed by atoms with Gasteiger partial charge in [0, 0.05) is 24.0 Å². The van der Waals surface area contributed by atoms with E-state index in [4.69, 9.17) is 5.73 Å². The molecule has 3 amide bonds. The van der Waals surface area contributed by atoms with Gasteiger partial charge in [-0.15, -0.1) is 0 Å². The van der Waals surface area contributed by atoms with Crippen LogP contribution in [-0.4, -0.2) is 34.7 Å². The summed E-state index contributed by atoms with van der Waals surface area (Å²) in [7, 11) is 1.52. The summed E-state index contributed by atoms with van der Waals surface area (Å²) in [6.07, 6.45) is 1.22. The number of aromatic amines is 1. The van der Waals surface area contributed by atoms with E-state index in [0.717, 1.165) is 0 Å². The lowest BCUT2D eigenvalue weighted by Gasteiger charge is -2.17. The highest BCUT2D eigenvalue weighted by molar-refractivity contribution is 6.11. The molecule has 0 aliphatic carbocycles. The summed E-state index contributed by atoms with van der Waals surface area (Å²) in [5.41, 5.74) is 6.80. The molecule has 0 radical (unpaired) electrons. The second-order valence-corrected chi connectivity index (χ2v) is 6.32. The molecule has 0 fully saturated rings. The summed E-state index contributed by atoms with van der Waals surface area (Å²) in [6.45, 7) is 1.58. The average Bonchev–Trinajstić information content (AvgIpc) is 3.19. The van der Waals surface area contributed by atoms with Crippen LogP contribution in [0.15, 0.2) is 48.8 Å². The van der Waals surface area contributed by atoms with E-state index < -0.39 is 11.8 Å². The number of rotatable bonds is 5. The van der Waals surface area contributed by atoms with Gasteiger partial charge in [-0.2, -0.15) is 0 Å². The van der Waals surface area contributed by atoms with Gasteiger partial charge in [-0.3, -0.25) is 14.4 Å². The van der Waals surface area contributed by atoms with Gasteiger partial charge in [0.1, 0.15) is 11.5 Å². The zero-order valence-corrected chi connectivity index (χ0v) is 15.7. The molecule has 0 atom stereocenters. The molecule has 0 bridgehead atoms. The van der Waals surface area contributed by atoms with Crippen LogP contribution in [0.1, 0.15) is 36.9 Å². The second-order valence-electron chi connectivity index (χ2n) is 6.32. The van der Waals surface area contributed by atoms with Crippen LogP contribution < -0.4 is 16.0 Å². The number of aromatic nitrogens is 2. The third-order valence-corrected chi connectivity index (χ3v) is 4.33. The predicted octanol–water partition coefficient (Wildman–Crippen LogP) is 2.49. The number of hydrogen-bond acceptors (Lipinski definition) is 4. The Balaban J connectivity index is 1.73. The van der Waals surface area contributed by atoms with Crippen LogP contribution in [0.3, 0.4) is 0 Å². The normalized spacial score (nSPS) is 10.4. The van der Waals surface area contributed by atoms with Gasteiger partial charge in [-0.05, 0) is 55.0 Å². The maximum absolute atomic E-state index is 13.3. The molecule has 0 saturated heterocycles. The maximum Gasteiger partial charge on any atom is 0.279 e. The van der Waals surface area contributed by atoms with E-state index in [0.29, 0.717) is 22.5 Å². The molecule has 0 saturated carbocycles. The molecule has 148 valence electrons. The summed E-state index contributed by atoms with van der Waals surface area (Å²) in [5.74, 6) is -2.06. The largest absolute Gasteiger partial charge is 0.364 e. The van der Waals surface area contributed by atoms with Crippen LogP contribution in [0.25, 0.3) is 0 Å². The fourth-order valence-corrected chi connectivity index (χ4v) is 2.68. The Bertz CT molecular complexity index is 1090. The first-order valence-electron chi connectivity index (χ1n) is 8.56. The molecule has 0 aliphatic rings. The molecule has 0 unspecified atom stereocenters. The van der Waals surface area contributed by atoms with Crippen LogP contribution in [0.5, 0.6) is 0 Å². The number of carbonyl (C=O) groups is 3. The Morgan fingerprint density at radius 2 is 1.83 bits per heavy atom. The van der Waals surface area contributed by atoms with Crippen molar-refractivity contribution in [1.29, 1.82) is 0 Å². The van der Waals surface area contributed by atoms with E-state index in [2.05, 4.69) is 15.3 Å². The SMILES string of the molecule is Cc1cc(C(=O)Nc2ccc(N(C)C(=O)c3nc[nH]c3C(N)=O)cc2)ccc1F. The van der Waals surface area contributed by atoms with Crippen LogP contribution in [0.2, 0.25) is 0 Å². The standard InChI is InChI=1S/C20H18FN5O3/c1-11-9-12(3-8-15(11)21)19(28)25-13-4-6-14(7-5-13)26(2)20(29)17-16(18(22)27)23-10-24-17/h3-10H,1-2H3,(H2,22,27)(H,23,24)(H,25,28). The fourth-order valence-electron chi connectivity index (χ4n) is 2.68. The molecule has 2 aromatic carbocycles. The molecule has 29 heavy (non-hydrogen) atoms. The number of H-pyrrole nitrogens is 1. The van der Waals surface area contributed by atoms with Crippen LogP contribution in [0, 0.1) is 12.7 Å². The molecule has 1 aromatic heterocycles. The number of carbonyl (C=O) groups excluding carboxylic acids is 3. The maximum atomic E-state index is 13.3. The molecule has 3 aromatic rings. The van der Waals surface area contributed by atoms with Crippen molar-refractivity contribution in [3.63, 3.8) is 0 Å². The smallest absolute Gasteiger partial charge is 0.279 e. The summed E-state index contributed by atoms with van der Waals surface area (Å²) in [5, 5.41) is 2.71. The molecular weight excluding hydrogens is 377 g/mol. The van der Waals surface area contributed by atoms with E-state index >= 15 is 0 Å². The molecule has 0 spiro atoms. The molecule has 9 heteroatoms. The molecule has 3 rings (SSSR count). The average molecular weight is 395 g/mol. The molecule has 0 aliphatic heterocycles. The number of primary amides is 1. The molecular formula is C20H18FN5O3. The van der Waals surface area contributed by atoms with Crippen molar-refractivity contribution in [1.82, 2.24) is 9.97 Å². The summed E-state index contributed by atoms with van der Waals surface area (Å²) >= 11 is 0. The zero-order valence-electron chi connectivity index (χ0n) is 15.7. The number of hydrogen-bond donors (Lipinski definition) is 3. The highest BCUT2D eigenvalue weighted by Crippen LogP contribution is 2.20. The summed E-state index contributed by atoms with van der Waals surface area (Å²) in [4.78, 5) is 44.0. The minimum Gasteiger partial charge on any atom is -0.364 e. The van der Waals surface area contributed by atoms with Gasteiger partial charge in [-0.1, -0.05) is 0 Å². The summed E-state index contributed by atoms with van der Waals surface area (Å²) in [6, 6.07) is 10.6. The van der Waals surface area contributed by atoms with Crippen LogP contribution in [-0.2, 0) is 0 Å². The lowest BCUT2D eigenvalue weighted by Crippen LogP contribution is -2.29. The van der Waals surface area contributed by atoms with Gasteiger partial charge >= 0.3 is 0 Å². The fraction of sp³-hybridized carbons (Fsp3) is 0.100. The quantitative estimate of drug-likeness (QED) is 0.614. The van der Waals surface area contributed by atoms with Gasteiger partial charge in [0.05, 0.1) is 6.33 Å². The Morgan fingerprint density at radius 1 is 1.14 bits per heavy atom. The predicted molar refractivity (Wildman–Crippen MR) is 105 cm³/mol. The van der Waals surface area contributed by atoms with Gasteiger partial charge < -0.3 is 20.9 Å². The first kappa shape index (κ1) is 19.7. The number of imidazole rings is 1. The minimum atomic E-state index is -0.784. The highest BCUT2D eigenvalue weighted by Gasteiger charge is 2.22. The van der Waals surface area contributed by atoms with Gasteiger partial charge in [-0.25, -0.2) is 9.37 Å². The van der Waals surface area contributed by atoms with Crippen molar-refractivity contribution >= 4 is 29.1 Å². The number of amides is 3. The Kier molecular flexibility index (Phi) is 5.40. The zero-order chi connectivity index (χ0) is 21.1. The Morgan fingerprint density at radius 3 is 2.45 bits per heavy atom. The van der Waals surface area contributed by atoms with Crippen LogP contribution in [0.4, 0.5) is 15.8 Å². The third-order valence-electron chi connectivity index (χ3n) is 4.33.